The SMILES string of the molecule is CCC1(CC)O[C@H]2[C@H](O[C@H](C)[C@H](NC(=O)OCc3ccccc3)C(=O)OC)O[C@H](COC(C)=O)[C@H]2O1. The van der Waals surface area contributed by atoms with E-state index in [1.807, 2.05) is 44.2 Å². The van der Waals surface area contributed by atoms with Gasteiger partial charge < -0.3 is 38.5 Å². The molecule has 36 heavy (non-hydrogen) atoms. The number of benzene rings is 1. The summed E-state index contributed by atoms with van der Waals surface area (Å²) in [7, 11) is 1.21. The Hall–Kier alpha value is -2.73. The van der Waals surface area contributed by atoms with Crippen LogP contribution in [0, 0.1) is 0 Å². The minimum atomic E-state index is -1.18. The van der Waals surface area contributed by atoms with E-state index in [2.05, 4.69) is 5.32 Å². The number of ether oxygens (including phenoxy) is 7. The minimum Gasteiger partial charge on any atom is -0.467 e. The first kappa shape index (κ1) is 27.9. The van der Waals surface area contributed by atoms with Gasteiger partial charge in [0.25, 0.3) is 0 Å². The zero-order valence-corrected chi connectivity index (χ0v) is 21.3. The summed E-state index contributed by atoms with van der Waals surface area (Å²) in [5, 5.41) is 2.50. The molecule has 3 rings (SSSR count). The van der Waals surface area contributed by atoms with Gasteiger partial charge in [0, 0.05) is 6.92 Å². The summed E-state index contributed by atoms with van der Waals surface area (Å²) in [4.78, 5) is 36.2. The highest BCUT2D eigenvalue weighted by Crippen LogP contribution is 2.43. The van der Waals surface area contributed by atoms with Gasteiger partial charge in [-0.3, -0.25) is 4.79 Å². The third-order valence-corrected chi connectivity index (χ3v) is 6.26. The van der Waals surface area contributed by atoms with Crippen molar-refractivity contribution in [3.63, 3.8) is 0 Å². The van der Waals surface area contributed by atoms with Crippen LogP contribution < -0.4 is 5.32 Å². The van der Waals surface area contributed by atoms with Crippen molar-refractivity contribution < 1.29 is 47.5 Å². The molecule has 2 aliphatic rings. The number of carbonyl (C=O) groups is 3. The van der Waals surface area contributed by atoms with Gasteiger partial charge in [0.1, 0.15) is 31.5 Å². The van der Waals surface area contributed by atoms with Crippen LogP contribution in [-0.4, -0.2) is 74.3 Å². The van der Waals surface area contributed by atoms with Gasteiger partial charge in [-0.25, -0.2) is 9.59 Å². The molecule has 11 nitrogen and oxygen atoms in total. The molecule has 0 unspecified atom stereocenters. The maximum absolute atomic E-state index is 12.5. The van der Waals surface area contributed by atoms with Crippen LogP contribution in [0.25, 0.3) is 0 Å². The Morgan fingerprint density at radius 3 is 2.33 bits per heavy atom. The summed E-state index contributed by atoms with van der Waals surface area (Å²) in [6.07, 6.45) is -3.24. The summed E-state index contributed by atoms with van der Waals surface area (Å²) in [6, 6.07) is 7.95. The second-order valence-electron chi connectivity index (χ2n) is 8.68. The number of carbonyl (C=O) groups excluding carboxylic acids is 3. The third kappa shape index (κ3) is 6.73. The molecule has 11 heteroatoms. The van der Waals surface area contributed by atoms with Crippen molar-refractivity contribution in [2.75, 3.05) is 13.7 Å². The largest absolute Gasteiger partial charge is 0.467 e. The molecule has 2 aliphatic heterocycles. The van der Waals surface area contributed by atoms with E-state index in [0.717, 1.165) is 5.56 Å². The third-order valence-electron chi connectivity index (χ3n) is 6.26. The topological polar surface area (TPSA) is 128 Å². The molecule has 0 aromatic heterocycles. The lowest BCUT2D eigenvalue weighted by Crippen LogP contribution is -2.51. The number of hydrogen-bond donors (Lipinski definition) is 1. The Balaban J connectivity index is 1.67. The van der Waals surface area contributed by atoms with Crippen LogP contribution in [0.15, 0.2) is 30.3 Å². The Labute approximate surface area is 210 Å². The van der Waals surface area contributed by atoms with Crippen LogP contribution in [0.2, 0.25) is 0 Å². The second kappa shape index (κ2) is 12.5. The Morgan fingerprint density at radius 1 is 1.06 bits per heavy atom. The molecule has 2 fully saturated rings. The molecule has 2 saturated heterocycles. The second-order valence-corrected chi connectivity index (χ2v) is 8.68. The lowest BCUT2D eigenvalue weighted by molar-refractivity contribution is -0.260. The molecular formula is C25H35NO10. The van der Waals surface area contributed by atoms with Crippen LogP contribution in [0.4, 0.5) is 4.79 Å². The maximum Gasteiger partial charge on any atom is 0.408 e. The molecule has 0 saturated carbocycles. The minimum absolute atomic E-state index is 0.0322. The van der Waals surface area contributed by atoms with E-state index in [1.54, 1.807) is 6.92 Å². The Morgan fingerprint density at radius 2 is 1.72 bits per heavy atom. The molecule has 0 aliphatic carbocycles. The summed E-state index contributed by atoms with van der Waals surface area (Å²) in [5.41, 5.74) is 0.796. The molecule has 1 amide bonds. The van der Waals surface area contributed by atoms with Crippen molar-refractivity contribution in [1.29, 1.82) is 0 Å². The van der Waals surface area contributed by atoms with Crippen LogP contribution in [-0.2, 0) is 49.4 Å². The van der Waals surface area contributed by atoms with Crippen molar-refractivity contribution in [2.24, 2.45) is 0 Å². The van der Waals surface area contributed by atoms with Crippen LogP contribution in [0.5, 0.6) is 0 Å². The van der Waals surface area contributed by atoms with Gasteiger partial charge in [-0.15, -0.1) is 0 Å². The van der Waals surface area contributed by atoms with E-state index in [4.69, 9.17) is 33.2 Å². The summed E-state index contributed by atoms with van der Waals surface area (Å²) >= 11 is 0. The summed E-state index contributed by atoms with van der Waals surface area (Å²) < 4.78 is 39.7. The zero-order chi connectivity index (χ0) is 26.3. The van der Waals surface area contributed by atoms with E-state index < -0.39 is 60.6 Å². The molecule has 6 atom stereocenters. The van der Waals surface area contributed by atoms with Crippen molar-refractivity contribution in [1.82, 2.24) is 5.32 Å². The van der Waals surface area contributed by atoms with Crippen molar-refractivity contribution in [2.45, 2.75) is 89.7 Å². The smallest absolute Gasteiger partial charge is 0.408 e. The monoisotopic (exact) mass is 509 g/mol. The fourth-order valence-corrected chi connectivity index (χ4v) is 4.19. The lowest BCUT2D eigenvalue weighted by Gasteiger charge is -2.30. The van der Waals surface area contributed by atoms with Crippen LogP contribution in [0.3, 0.4) is 0 Å². The maximum atomic E-state index is 12.5. The van der Waals surface area contributed by atoms with Crippen molar-refractivity contribution in [3.05, 3.63) is 35.9 Å². The molecular weight excluding hydrogens is 474 g/mol. The van der Waals surface area contributed by atoms with Gasteiger partial charge in [-0.1, -0.05) is 44.2 Å². The van der Waals surface area contributed by atoms with E-state index in [9.17, 15) is 14.4 Å². The molecule has 1 aromatic rings. The van der Waals surface area contributed by atoms with E-state index in [1.165, 1.54) is 14.0 Å². The highest BCUT2D eigenvalue weighted by atomic mass is 16.8. The van der Waals surface area contributed by atoms with Crippen molar-refractivity contribution >= 4 is 18.0 Å². The number of alkyl carbamates (subject to hydrolysis) is 1. The fourth-order valence-electron chi connectivity index (χ4n) is 4.19. The van der Waals surface area contributed by atoms with Crippen LogP contribution in [0.1, 0.15) is 46.1 Å². The first-order valence-electron chi connectivity index (χ1n) is 12.1. The Bertz CT molecular complexity index is 890. The van der Waals surface area contributed by atoms with Gasteiger partial charge in [-0.2, -0.15) is 0 Å². The number of esters is 2. The van der Waals surface area contributed by atoms with E-state index in [0.29, 0.717) is 12.8 Å². The number of nitrogens with one attached hydrogen (secondary N) is 1. The summed E-state index contributed by atoms with van der Waals surface area (Å²) in [5.74, 6) is -1.99. The van der Waals surface area contributed by atoms with Gasteiger partial charge in [0.15, 0.2) is 18.1 Å². The lowest BCUT2D eigenvalue weighted by atomic mass is 10.1. The van der Waals surface area contributed by atoms with Gasteiger partial charge in [0.2, 0.25) is 0 Å². The first-order valence-corrected chi connectivity index (χ1v) is 12.1. The molecule has 0 radical (unpaired) electrons. The van der Waals surface area contributed by atoms with E-state index in [-0.39, 0.29) is 13.2 Å². The van der Waals surface area contributed by atoms with Crippen molar-refractivity contribution in [3.8, 4) is 0 Å². The number of rotatable bonds is 11. The predicted octanol–water partition coefficient (Wildman–Crippen LogP) is 2.45. The van der Waals surface area contributed by atoms with E-state index >= 15 is 0 Å². The highest BCUT2D eigenvalue weighted by molar-refractivity contribution is 5.81. The first-order chi connectivity index (χ1) is 17.2. The van der Waals surface area contributed by atoms with Gasteiger partial charge >= 0.3 is 18.0 Å². The van der Waals surface area contributed by atoms with Crippen LogP contribution >= 0.6 is 0 Å². The molecule has 0 spiro atoms. The highest BCUT2D eigenvalue weighted by Gasteiger charge is 2.58. The molecule has 2 heterocycles. The average molecular weight is 510 g/mol. The number of methoxy groups -OCH3 is 1. The fraction of sp³-hybridized carbons (Fsp3) is 0.640. The van der Waals surface area contributed by atoms with Gasteiger partial charge in [-0.05, 0) is 25.3 Å². The average Bonchev–Trinajstić information content (AvgIpc) is 3.41. The molecule has 1 aromatic carbocycles. The molecule has 200 valence electrons. The number of amides is 1. The zero-order valence-electron chi connectivity index (χ0n) is 21.3. The number of hydrogen-bond acceptors (Lipinski definition) is 10. The molecule has 1 N–H and O–H groups in total. The normalized spacial score (nSPS) is 25.9. The predicted molar refractivity (Wildman–Crippen MR) is 124 cm³/mol. The quantitative estimate of drug-likeness (QED) is 0.351. The Kier molecular flexibility index (Phi) is 9.66. The standard InChI is InChI=1S/C25H35NO10/c1-6-25(7-2)35-20-18(14-31-16(4)27)34-23(21(20)36-25)33-15(3)19(22(28)30-5)26-24(29)32-13-17-11-9-8-10-12-17/h8-12,15,18-21,23H,6-7,13-14H2,1-5H3,(H,26,29)/t15-,18-,19+,20-,21-,23-/m1/s1. The summed E-state index contributed by atoms with van der Waals surface area (Å²) in [6.45, 7) is 6.79. The van der Waals surface area contributed by atoms with Gasteiger partial charge in [0.05, 0.1) is 13.2 Å². The molecule has 0 bridgehead atoms. The number of fused-ring (bicyclic) bond motifs is 1.